The highest BCUT2D eigenvalue weighted by atomic mass is 19.3. The third-order valence-corrected chi connectivity index (χ3v) is 5.61. The number of halogens is 2. The molecule has 0 bridgehead atoms. The first-order valence-corrected chi connectivity index (χ1v) is 10.7. The molecule has 0 saturated heterocycles. The van der Waals surface area contributed by atoms with Gasteiger partial charge in [-0.25, -0.2) is 4.79 Å². The molecular formula is C24H25F2N3O3. The Morgan fingerprint density at radius 2 is 2.09 bits per heavy atom. The van der Waals surface area contributed by atoms with Gasteiger partial charge in [0.1, 0.15) is 11.8 Å². The number of hydrogen-bond acceptors (Lipinski definition) is 5. The van der Waals surface area contributed by atoms with Crippen molar-refractivity contribution in [2.45, 2.75) is 45.3 Å². The average Bonchev–Trinajstić information content (AvgIpc) is 3.49. The van der Waals surface area contributed by atoms with Crippen molar-refractivity contribution in [3.8, 4) is 6.07 Å². The molecule has 1 aliphatic heterocycles. The van der Waals surface area contributed by atoms with Crippen molar-refractivity contribution in [3.63, 3.8) is 0 Å². The SMILES string of the molecule is CCOC(=O)NC1=CCC(=C2C(C#N)=C3C=CC(OC(C)(F)F)=CC3N2CC2CC2)C=C1. The Balaban J connectivity index is 1.65. The number of fused-ring (bicyclic) bond motifs is 1. The minimum atomic E-state index is -3.28. The topological polar surface area (TPSA) is 74.6 Å². The van der Waals surface area contributed by atoms with Crippen LogP contribution in [0.5, 0.6) is 0 Å². The predicted octanol–water partition coefficient (Wildman–Crippen LogP) is 4.83. The summed E-state index contributed by atoms with van der Waals surface area (Å²) in [5.74, 6) is 0.612. The predicted molar refractivity (Wildman–Crippen MR) is 114 cm³/mol. The van der Waals surface area contributed by atoms with Crippen LogP contribution in [0.3, 0.4) is 0 Å². The zero-order valence-corrected chi connectivity index (χ0v) is 18.0. The van der Waals surface area contributed by atoms with Crippen LogP contribution in [0.4, 0.5) is 13.6 Å². The van der Waals surface area contributed by atoms with Gasteiger partial charge in [0.25, 0.3) is 0 Å². The molecule has 4 rings (SSSR count). The number of rotatable bonds is 6. The maximum Gasteiger partial charge on any atom is 0.411 e. The molecule has 0 spiro atoms. The largest absolute Gasteiger partial charge is 0.450 e. The highest BCUT2D eigenvalue weighted by molar-refractivity contribution is 5.71. The Morgan fingerprint density at radius 3 is 2.69 bits per heavy atom. The lowest BCUT2D eigenvalue weighted by Crippen LogP contribution is -2.33. The molecule has 3 aliphatic carbocycles. The summed E-state index contributed by atoms with van der Waals surface area (Å²) in [5.41, 5.74) is 3.70. The number of allylic oxidation sites excluding steroid dienone is 6. The molecule has 1 saturated carbocycles. The van der Waals surface area contributed by atoms with Gasteiger partial charge in [0.05, 0.1) is 23.9 Å². The van der Waals surface area contributed by atoms with Crippen LogP contribution in [-0.2, 0) is 9.47 Å². The molecular weight excluding hydrogens is 416 g/mol. The van der Waals surface area contributed by atoms with Crippen LogP contribution in [0.2, 0.25) is 0 Å². The molecule has 1 fully saturated rings. The van der Waals surface area contributed by atoms with Crippen LogP contribution in [0, 0.1) is 17.2 Å². The number of nitrogens with one attached hydrogen (secondary N) is 1. The van der Waals surface area contributed by atoms with Gasteiger partial charge in [-0.2, -0.15) is 14.0 Å². The molecule has 6 nitrogen and oxygen atoms in total. The van der Waals surface area contributed by atoms with E-state index in [4.69, 9.17) is 9.47 Å². The van der Waals surface area contributed by atoms with Gasteiger partial charge in [0.15, 0.2) is 0 Å². The first-order valence-electron chi connectivity index (χ1n) is 10.7. The minimum absolute atomic E-state index is 0.0931. The lowest BCUT2D eigenvalue weighted by Gasteiger charge is -2.31. The standard InChI is InChI=1S/C24H25F2N3O3/c1-3-31-23(30)28-17-8-6-16(7-9-17)22-20(13-27)19-11-10-18(32-24(2,25)26)12-21(19)29(22)14-15-4-5-15/h6,8-12,15,21H,3-5,7,14H2,1-2H3,(H,28,30). The molecule has 0 aromatic carbocycles. The van der Waals surface area contributed by atoms with E-state index in [9.17, 15) is 18.8 Å². The summed E-state index contributed by atoms with van der Waals surface area (Å²) >= 11 is 0. The Morgan fingerprint density at radius 1 is 1.31 bits per heavy atom. The van der Waals surface area contributed by atoms with Gasteiger partial charge in [-0.05, 0) is 61.5 Å². The van der Waals surface area contributed by atoms with Gasteiger partial charge in [0.2, 0.25) is 0 Å². The number of alkyl halides is 2. The van der Waals surface area contributed by atoms with Crippen LogP contribution < -0.4 is 5.32 Å². The average molecular weight is 441 g/mol. The number of ether oxygens (including phenoxy) is 2. The van der Waals surface area contributed by atoms with Crippen molar-refractivity contribution < 1.29 is 23.0 Å². The molecule has 0 radical (unpaired) electrons. The van der Waals surface area contributed by atoms with E-state index in [0.717, 1.165) is 36.2 Å². The van der Waals surface area contributed by atoms with Crippen LogP contribution in [0.15, 0.2) is 70.3 Å². The number of alkyl carbamates (subject to hydrolysis) is 1. The molecule has 1 unspecified atom stereocenters. The van der Waals surface area contributed by atoms with E-state index in [1.165, 1.54) is 6.08 Å². The maximum absolute atomic E-state index is 13.4. The quantitative estimate of drug-likeness (QED) is 0.639. The number of nitrogens with zero attached hydrogens (tertiary/aromatic N) is 2. The summed E-state index contributed by atoms with van der Waals surface area (Å²) < 4.78 is 36.5. The maximum atomic E-state index is 13.4. The summed E-state index contributed by atoms with van der Waals surface area (Å²) in [6, 6.07) is 2.00. The zero-order valence-electron chi connectivity index (χ0n) is 18.0. The van der Waals surface area contributed by atoms with E-state index in [-0.39, 0.29) is 18.4 Å². The van der Waals surface area contributed by atoms with E-state index < -0.39 is 12.2 Å². The van der Waals surface area contributed by atoms with E-state index in [1.807, 2.05) is 12.2 Å². The molecule has 4 aliphatic rings. The number of carbonyl (C=O) groups is 1. The second-order valence-corrected chi connectivity index (χ2v) is 8.21. The molecule has 0 aromatic heterocycles. The van der Waals surface area contributed by atoms with Crippen LogP contribution in [0.25, 0.3) is 0 Å². The molecule has 32 heavy (non-hydrogen) atoms. The number of nitriles is 1. The second kappa shape index (κ2) is 8.65. The van der Waals surface area contributed by atoms with Gasteiger partial charge in [-0.15, -0.1) is 0 Å². The Labute approximate surface area is 185 Å². The van der Waals surface area contributed by atoms with Crippen molar-refractivity contribution in [2.75, 3.05) is 13.2 Å². The smallest absolute Gasteiger partial charge is 0.411 e. The first-order chi connectivity index (χ1) is 15.3. The van der Waals surface area contributed by atoms with Gasteiger partial charge >= 0.3 is 12.2 Å². The molecule has 1 atom stereocenters. The van der Waals surface area contributed by atoms with Crippen LogP contribution in [-0.4, -0.2) is 36.3 Å². The molecule has 8 heteroatoms. The Kier molecular flexibility index (Phi) is 5.92. The third kappa shape index (κ3) is 4.77. The van der Waals surface area contributed by atoms with Crippen LogP contribution >= 0.6 is 0 Å². The van der Waals surface area contributed by atoms with Crippen molar-refractivity contribution >= 4 is 6.09 Å². The van der Waals surface area contributed by atoms with E-state index in [0.29, 0.717) is 30.5 Å². The molecule has 1 N–H and O–H groups in total. The normalized spacial score (nSPS) is 24.6. The monoisotopic (exact) mass is 441 g/mol. The Bertz CT molecular complexity index is 1030. The van der Waals surface area contributed by atoms with Crippen LogP contribution in [0.1, 0.15) is 33.1 Å². The van der Waals surface area contributed by atoms with Gasteiger partial charge in [-0.1, -0.05) is 18.2 Å². The molecule has 1 heterocycles. The van der Waals surface area contributed by atoms with Gasteiger partial charge in [-0.3, -0.25) is 5.32 Å². The van der Waals surface area contributed by atoms with Crippen molar-refractivity contribution in [2.24, 2.45) is 5.92 Å². The molecule has 0 aromatic rings. The fraction of sp³-hybridized carbons (Fsp3) is 0.417. The number of amides is 1. The fourth-order valence-electron chi connectivity index (χ4n) is 4.10. The summed E-state index contributed by atoms with van der Waals surface area (Å²) in [6.45, 7) is 3.47. The van der Waals surface area contributed by atoms with Crippen molar-refractivity contribution in [1.29, 1.82) is 5.26 Å². The summed E-state index contributed by atoms with van der Waals surface area (Å²) in [5, 5.41) is 12.6. The minimum Gasteiger partial charge on any atom is -0.450 e. The second-order valence-electron chi connectivity index (χ2n) is 8.21. The van der Waals surface area contributed by atoms with Crippen molar-refractivity contribution in [1.82, 2.24) is 10.2 Å². The summed E-state index contributed by atoms with van der Waals surface area (Å²) in [6.07, 6.45) is 9.33. The van der Waals surface area contributed by atoms with Crippen molar-refractivity contribution in [3.05, 3.63) is 70.3 Å². The summed E-state index contributed by atoms with van der Waals surface area (Å²) in [7, 11) is 0. The van der Waals surface area contributed by atoms with E-state index in [1.54, 1.807) is 25.2 Å². The van der Waals surface area contributed by atoms with Gasteiger partial charge in [0, 0.05) is 19.2 Å². The molecule has 168 valence electrons. The number of hydrogen-bond donors (Lipinski definition) is 1. The lowest BCUT2D eigenvalue weighted by atomic mass is 9.97. The highest BCUT2D eigenvalue weighted by Gasteiger charge is 2.40. The number of carbonyl (C=O) groups excluding carboxylic acids is 1. The fourth-order valence-corrected chi connectivity index (χ4v) is 4.10. The highest BCUT2D eigenvalue weighted by Crippen LogP contribution is 2.44. The third-order valence-electron chi connectivity index (χ3n) is 5.61. The molecule has 1 amide bonds. The van der Waals surface area contributed by atoms with E-state index in [2.05, 4.69) is 16.3 Å². The Hall–Kier alpha value is -3.34. The van der Waals surface area contributed by atoms with Gasteiger partial charge < -0.3 is 14.4 Å². The first kappa shape index (κ1) is 21.9. The van der Waals surface area contributed by atoms with E-state index >= 15 is 0 Å². The zero-order chi connectivity index (χ0) is 22.9. The lowest BCUT2D eigenvalue weighted by molar-refractivity contribution is -0.195. The summed E-state index contributed by atoms with van der Waals surface area (Å²) in [4.78, 5) is 13.8.